The Hall–Kier alpha value is -1.65. The Morgan fingerprint density at radius 2 is 1.96 bits per heavy atom. The van der Waals surface area contributed by atoms with Gasteiger partial charge in [-0.3, -0.25) is 4.79 Å². The molecule has 0 spiro atoms. The second-order valence-electron chi connectivity index (χ2n) is 10.2. The number of aromatic nitrogens is 3. The lowest BCUT2D eigenvalue weighted by atomic mass is 9.71. The summed E-state index contributed by atoms with van der Waals surface area (Å²) in [5.74, 6) is 4.02. The van der Waals surface area contributed by atoms with E-state index in [9.17, 15) is 4.79 Å². The first-order chi connectivity index (χ1) is 13.2. The average molecular weight is 388 g/mol. The van der Waals surface area contributed by atoms with E-state index in [1.807, 2.05) is 26.8 Å². The monoisotopic (exact) mass is 387 g/mol. The van der Waals surface area contributed by atoms with E-state index in [4.69, 9.17) is 4.74 Å². The molecule has 0 saturated heterocycles. The minimum Gasteiger partial charge on any atom is -0.460 e. The minimum absolute atomic E-state index is 0.0132. The van der Waals surface area contributed by atoms with E-state index in [1.165, 1.54) is 32.1 Å². The molecule has 5 heteroatoms. The van der Waals surface area contributed by atoms with Crippen LogP contribution in [0, 0.1) is 11.8 Å². The Labute approximate surface area is 169 Å². The van der Waals surface area contributed by atoms with Gasteiger partial charge in [-0.25, -0.2) is 0 Å². The van der Waals surface area contributed by atoms with E-state index in [0.29, 0.717) is 24.8 Å². The van der Waals surface area contributed by atoms with E-state index >= 15 is 0 Å². The van der Waals surface area contributed by atoms with E-state index in [1.54, 1.807) is 0 Å². The van der Waals surface area contributed by atoms with Crippen molar-refractivity contribution >= 4 is 5.97 Å². The van der Waals surface area contributed by atoms with E-state index in [-0.39, 0.29) is 11.9 Å². The zero-order chi connectivity index (χ0) is 20.5. The second-order valence-corrected chi connectivity index (χ2v) is 10.2. The van der Waals surface area contributed by atoms with Crippen molar-refractivity contribution in [3.8, 4) is 0 Å². The first kappa shape index (κ1) is 21.1. The normalized spacial score (nSPS) is 23.4. The zero-order valence-electron chi connectivity index (χ0n) is 18.3. The molecule has 5 nitrogen and oxygen atoms in total. The molecule has 28 heavy (non-hydrogen) atoms. The van der Waals surface area contributed by atoms with E-state index in [0.717, 1.165) is 23.5 Å². The standard InChI is InChI=1S/C23H37N3O2/c1-7-8-17(14-20(27)28-23(4,5)6)21-24-25-22(26(21)19-9-10-19)18-12-16(13-18)11-15(2)3/h7,15-19H,1,8-14H2,2-6H3. The lowest BCUT2D eigenvalue weighted by Crippen LogP contribution is -2.27. The molecule has 0 aromatic carbocycles. The summed E-state index contributed by atoms with van der Waals surface area (Å²) in [6.45, 7) is 14.2. The van der Waals surface area contributed by atoms with Crippen molar-refractivity contribution in [1.82, 2.24) is 14.8 Å². The van der Waals surface area contributed by atoms with E-state index in [2.05, 4.69) is 35.2 Å². The number of nitrogens with zero attached hydrogens (tertiary/aromatic N) is 3. The molecular formula is C23H37N3O2. The molecule has 1 atom stereocenters. The van der Waals surface area contributed by atoms with Crippen LogP contribution in [0.4, 0.5) is 0 Å². The number of allylic oxidation sites excluding steroid dienone is 1. The van der Waals surface area contributed by atoms with Gasteiger partial charge in [0.05, 0.1) is 6.42 Å². The van der Waals surface area contributed by atoms with Gasteiger partial charge in [-0.2, -0.15) is 0 Å². The van der Waals surface area contributed by atoms with Crippen molar-refractivity contribution in [3.63, 3.8) is 0 Å². The van der Waals surface area contributed by atoms with Crippen LogP contribution >= 0.6 is 0 Å². The number of ether oxygens (including phenoxy) is 1. The predicted molar refractivity (Wildman–Crippen MR) is 111 cm³/mol. The van der Waals surface area contributed by atoms with E-state index < -0.39 is 5.60 Å². The lowest BCUT2D eigenvalue weighted by molar-refractivity contribution is -0.155. The predicted octanol–water partition coefficient (Wildman–Crippen LogP) is 5.54. The lowest BCUT2D eigenvalue weighted by Gasteiger charge is -2.36. The Morgan fingerprint density at radius 3 is 2.50 bits per heavy atom. The fourth-order valence-electron chi connectivity index (χ4n) is 4.45. The van der Waals surface area contributed by atoms with Crippen LogP contribution in [-0.2, 0) is 9.53 Å². The topological polar surface area (TPSA) is 57.0 Å². The molecule has 2 aliphatic rings. The third-order valence-electron chi connectivity index (χ3n) is 5.72. The second kappa shape index (κ2) is 8.38. The smallest absolute Gasteiger partial charge is 0.307 e. The van der Waals surface area contributed by atoms with Gasteiger partial charge in [0.1, 0.15) is 17.2 Å². The Kier molecular flexibility index (Phi) is 6.31. The van der Waals surface area contributed by atoms with Gasteiger partial charge < -0.3 is 9.30 Å². The highest BCUT2D eigenvalue weighted by atomic mass is 16.6. The highest BCUT2D eigenvalue weighted by Gasteiger charge is 2.39. The number of carbonyl (C=O) groups excluding carboxylic acids is 1. The van der Waals surface area contributed by atoms with Crippen LogP contribution in [0.5, 0.6) is 0 Å². The summed E-state index contributed by atoms with van der Waals surface area (Å²) in [5.41, 5.74) is -0.470. The van der Waals surface area contributed by atoms with Gasteiger partial charge in [0.25, 0.3) is 0 Å². The van der Waals surface area contributed by atoms with Crippen molar-refractivity contribution in [2.45, 2.75) is 103 Å². The molecule has 0 amide bonds. The molecule has 0 radical (unpaired) electrons. The average Bonchev–Trinajstić information content (AvgIpc) is 3.27. The summed E-state index contributed by atoms with van der Waals surface area (Å²) in [6, 6.07) is 0.509. The fraction of sp³-hybridized carbons (Fsp3) is 0.783. The SMILES string of the molecule is C=CCC(CC(=O)OC(C)(C)C)c1nnc(C2CC(CC(C)C)C2)n1C1CC1. The highest BCUT2D eigenvalue weighted by Crippen LogP contribution is 2.48. The number of hydrogen-bond acceptors (Lipinski definition) is 4. The molecule has 0 N–H and O–H groups in total. The van der Waals surface area contributed by atoms with Gasteiger partial charge in [-0.05, 0) is 71.1 Å². The van der Waals surface area contributed by atoms with Gasteiger partial charge in [0.15, 0.2) is 0 Å². The summed E-state index contributed by atoms with van der Waals surface area (Å²) in [4.78, 5) is 12.5. The van der Waals surface area contributed by atoms with Crippen LogP contribution in [0.15, 0.2) is 12.7 Å². The molecule has 1 unspecified atom stereocenters. The molecule has 0 aliphatic heterocycles. The van der Waals surface area contributed by atoms with Gasteiger partial charge in [-0.1, -0.05) is 19.9 Å². The van der Waals surface area contributed by atoms with Crippen LogP contribution < -0.4 is 0 Å². The Bertz CT molecular complexity index is 691. The van der Waals surface area contributed by atoms with Crippen LogP contribution in [0.1, 0.15) is 109 Å². The highest BCUT2D eigenvalue weighted by molar-refractivity contribution is 5.70. The molecule has 1 aromatic rings. The third kappa shape index (κ3) is 5.24. The number of rotatable bonds is 9. The van der Waals surface area contributed by atoms with Crippen molar-refractivity contribution in [2.24, 2.45) is 11.8 Å². The maximum atomic E-state index is 12.5. The fourth-order valence-corrected chi connectivity index (χ4v) is 4.45. The van der Waals surface area contributed by atoms with Crippen molar-refractivity contribution in [2.75, 3.05) is 0 Å². The van der Waals surface area contributed by atoms with Gasteiger partial charge >= 0.3 is 5.97 Å². The largest absolute Gasteiger partial charge is 0.460 e. The summed E-state index contributed by atoms with van der Waals surface area (Å²) in [7, 11) is 0. The van der Waals surface area contributed by atoms with Gasteiger partial charge in [-0.15, -0.1) is 16.8 Å². The summed E-state index contributed by atoms with van der Waals surface area (Å²) >= 11 is 0. The van der Waals surface area contributed by atoms with Crippen LogP contribution in [0.25, 0.3) is 0 Å². The summed E-state index contributed by atoms with van der Waals surface area (Å²) in [6.07, 6.45) is 9.05. The number of hydrogen-bond donors (Lipinski definition) is 0. The van der Waals surface area contributed by atoms with Crippen molar-refractivity contribution in [3.05, 3.63) is 24.3 Å². The molecule has 3 rings (SSSR count). The molecular weight excluding hydrogens is 350 g/mol. The summed E-state index contributed by atoms with van der Waals surface area (Å²) in [5, 5.41) is 9.22. The molecule has 2 saturated carbocycles. The minimum atomic E-state index is -0.470. The maximum absolute atomic E-state index is 12.5. The van der Waals surface area contributed by atoms with Gasteiger partial charge in [0.2, 0.25) is 0 Å². The van der Waals surface area contributed by atoms with Gasteiger partial charge in [0, 0.05) is 17.9 Å². The quantitative estimate of drug-likeness (QED) is 0.412. The van der Waals surface area contributed by atoms with Crippen LogP contribution in [-0.4, -0.2) is 26.3 Å². The van der Waals surface area contributed by atoms with Crippen molar-refractivity contribution in [1.29, 1.82) is 0 Å². The Morgan fingerprint density at radius 1 is 1.29 bits per heavy atom. The molecule has 1 heterocycles. The first-order valence-corrected chi connectivity index (χ1v) is 10.9. The maximum Gasteiger partial charge on any atom is 0.307 e. The molecule has 2 fully saturated rings. The summed E-state index contributed by atoms with van der Waals surface area (Å²) < 4.78 is 7.93. The Balaban J connectivity index is 1.75. The number of carbonyl (C=O) groups is 1. The molecule has 1 aromatic heterocycles. The van der Waals surface area contributed by atoms with Crippen LogP contribution in [0.3, 0.4) is 0 Å². The van der Waals surface area contributed by atoms with Crippen LogP contribution in [0.2, 0.25) is 0 Å². The number of esters is 1. The van der Waals surface area contributed by atoms with Crippen molar-refractivity contribution < 1.29 is 9.53 Å². The third-order valence-corrected chi connectivity index (χ3v) is 5.72. The molecule has 0 bridgehead atoms. The molecule has 2 aliphatic carbocycles. The zero-order valence-corrected chi connectivity index (χ0v) is 18.3. The molecule has 156 valence electrons. The first-order valence-electron chi connectivity index (χ1n) is 10.9.